The molecule has 1 saturated carbocycles. The van der Waals surface area contributed by atoms with Gasteiger partial charge in [-0.25, -0.2) is 4.39 Å². The Kier molecular flexibility index (Phi) is 4.06. The lowest BCUT2D eigenvalue weighted by molar-refractivity contribution is 0.200. The fraction of sp³-hybridized carbons (Fsp3) is 0.625. The van der Waals surface area contributed by atoms with Gasteiger partial charge in [-0.2, -0.15) is 0 Å². The van der Waals surface area contributed by atoms with Crippen LogP contribution in [0.1, 0.15) is 58.1 Å². The van der Waals surface area contributed by atoms with Crippen LogP contribution in [0.3, 0.4) is 0 Å². The molecule has 2 heteroatoms. The van der Waals surface area contributed by atoms with E-state index in [1.165, 1.54) is 31.7 Å². The first-order valence-corrected chi connectivity index (χ1v) is 6.98. The molecule has 2 rings (SSSR count). The lowest BCUT2D eigenvalue weighted by atomic mass is 9.75. The fourth-order valence-electron chi connectivity index (χ4n) is 2.79. The third-order valence-electron chi connectivity index (χ3n) is 4.17. The molecular weight excluding hydrogens is 225 g/mol. The van der Waals surface area contributed by atoms with Gasteiger partial charge in [-0.1, -0.05) is 26.0 Å². The summed E-state index contributed by atoms with van der Waals surface area (Å²) >= 11 is 0. The van der Waals surface area contributed by atoms with E-state index in [1.807, 2.05) is 6.07 Å². The van der Waals surface area contributed by atoms with Crippen LogP contribution in [0, 0.1) is 11.2 Å². The molecule has 0 heterocycles. The van der Waals surface area contributed by atoms with Gasteiger partial charge in [-0.3, -0.25) is 0 Å². The Hall–Kier alpha value is -0.890. The fourth-order valence-corrected chi connectivity index (χ4v) is 2.79. The predicted molar refractivity (Wildman–Crippen MR) is 74.0 cm³/mol. The monoisotopic (exact) mass is 249 g/mol. The molecule has 0 amide bonds. The van der Waals surface area contributed by atoms with Crippen LogP contribution < -0.4 is 5.32 Å². The highest BCUT2D eigenvalue weighted by atomic mass is 19.1. The van der Waals surface area contributed by atoms with Crippen molar-refractivity contribution < 1.29 is 4.39 Å². The SMILES string of the molecule is CC(NC1CCC(C)(C)CC1)c1cccc(F)c1. The average Bonchev–Trinajstić information content (AvgIpc) is 2.32. The van der Waals surface area contributed by atoms with Crippen LogP contribution in [0.5, 0.6) is 0 Å². The molecule has 100 valence electrons. The van der Waals surface area contributed by atoms with E-state index in [0.29, 0.717) is 11.5 Å². The molecule has 1 aromatic rings. The van der Waals surface area contributed by atoms with Crippen LogP contribution in [0.4, 0.5) is 4.39 Å². The van der Waals surface area contributed by atoms with E-state index in [-0.39, 0.29) is 11.9 Å². The van der Waals surface area contributed by atoms with Crippen molar-refractivity contribution in [1.29, 1.82) is 0 Å². The minimum Gasteiger partial charge on any atom is -0.307 e. The minimum absolute atomic E-state index is 0.147. The largest absolute Gasteiger partial charge is 0.307 e. The Bertz CT molecular complexity index is 390. The lowest BCUT2D eigenvalue weighted by Crippen LogP contribution is -2.37. The zero-order valence-electron chi connectivity index (χ0n) is 11.7. The van der Waals surface area contributed by atoms with E-state index >= 15 is 0 Å². The van der Waals surface area contributed by atoms with Crippen molar-refractivity contribution >= 4 is 0 Å². The van der Waals surface area contributed by atoms with Crippen molar-refractivity contribution in [3.8, 4) is 0 Å². The number of hydrogen-bond acceptors (Lipinski definition) is 1. The van der Waals surface area contributed by atoms with E-state index in [9.17, 15) is 4.39 Å². The maximum Gasteiger partial charge on any atom is 0.123 e. The molecule has 0 aromatic heterocycles. The Labute approximate surface area is 110 Å². The molecule has 0 aliphatic heterocycles. The van der Waals surface area contributed by atoms with Crippen LogP contribution in [0.2, 0.25) is 0 Å². The molecule has 18 heavy (non-hydrogen) atoms. The topological polar surface area (TPSA) is 12.0 Å². The summed E-state index contributed by atoms with van der Waals surface area (Å²) < 4.78 is 13.2. The third kappa shape index (κ3) is 3.55. The third-order valence-corrected chi connectivity index (χ3v) is 4.17. The lowest BCUT2D eigenvalue weighted by Gasteiger charge is -2.36. The van der Waals surface area contributed by atoms with Crippen LogP contribution >= 0.6 is 0 Å². The Morgan fingerprint density at radius 3 is 2.56 bits per heavy atom. The summed E-state index contributed by atoms with van der Waals surface area (Å²) in [5.74, 6) is -0.147. The Morgan fingerprint density at radius 2 is 1.94 bits per heavy atom. The van der Waals surface area contributed by atoms with Crippen molar-refractivity contribution in [2.24, 2.45) is 5.41 Å². The summed E-state index contributed by atoms with van der Waals surface area (Å²) in [5.41, 5.74) is 1.54. The highest BCUT2D eigenvalue weighted by Gasteiger charge is 2.27. The van der Waals surface area contributed by atoms with Crippen molar-refractivity contribution in [1.82, 2.24) is 5.32 Å². The van der Waals surface area contributed by atoms with Gasteiger partial charge in [-0.15, -0.1) is 0 Å². The molecule has 1 aromatic carbocycles. The molecule has 1 nitrogen and oxygen atoms in total. The van der Waals surface area contributed by atoms with Gasteiger partial charge in [0.15, 0.2) is 0 Å². The summed E-state index contributed by atoms with van der Waals surface area (Å²) in [6.45, 7) is 6.81. The first-order valence-electron chi connectivity index (χ1n) is 6.98. The molecule has 0 bridgehead atoms. The molecule has 0 radical (unpaired) electrons. The Balaban J connectivity index is 1.90. The van der Waals surface area contributed by atoms with E-state index in [2.05, 4.69) is 26.1 Å². The molecule has 0 saturated heterocycles. The zero-order valence-corrected chi connectivity index (χ0v) is 11.7. The summed E-state index contributed by atoms with van der Waals surface area (Å²) in [5, 5.41) is 3.63. The summed E-state index contributed by atoms with van der Waals surface area (Å²) in [6, 6.07) is 7.72. The number of benzene rings is 1. The number of halogens is 1. The smallest absolute Gasteiger partial charge is 0.123 e. The minimum atomic E-state index is -0.147. The second-order valence-corrected chi connectivity index (χ2v) is 6.38. The molecular formula is C16H24FN. The van der Waals surface area contributed by atoms with Gasteiger partial charge >= 0.3 is 0 Å². The van der Waals surface area contributed by atoms with Gasteiger partial charge in [-0.05, 0) is 55.7 Å². The van der Waals surface area contributed by atoms with E-state index in [4.69, 9.17) is 0 Å². The van der Waals surface area contributed by atoms with Crippen molar-refractivity contribution in [2.45, 2.75) is 58.5 Å². The van der Waals surface area contributed by atoms with Gasteiger partial charge in [0.25, 0.3) is 0 Å². The average molecular weight is 249 g/mol. The van der Waals surface area contributed by atoms with Crippen molar-refractivity contribution in [3.05, 3.63) is 35.6 Å². The normalized spacial score (nSPS) is 21.8. The van der Waals surface area contributed by atoms with E-state index in [0.717, 1.165) is 5.56 Å². The number of rotatable bonds is 3. The molecule has 1 fully saturated rings. The maximum atomic E-state index is 13.2. The van der Waals surface area contributed by atoms with Crippen LogP contribution in [0.15, 0.2) is 24.3 Å². The van der Waals surface area contributed by atoms with Crippen LogP contribution in [0.25, 0.3) is 0 Å². The first kappa shape index (κ1) is 13.5. The second kappa shape index (κ2) is 5.40. The van der Waals surface area contributed by atoms with E-state index < -0.39 is 0 Å². The molecule has 1 aliphatic carbocycles. The highest BCUT2D eigenvalue weighted by molar-refractivity contribution is 5.19. The molecule has 1 unspecified atom stereocenters. The van der Waals surface area contributed by atoms with Crippen LogP contribution in [-0.2, 0) is 0 Å². The molecule has 1 N–H and O–H groups in total. The van der Waals surface area contributed by atoms with Gasteiger partial charge in [0.1, 0.15) is 5.82 Å². The maximum absolute atomic E-state index is 13.2. The first-order chi connectivity index (χ1) is 8.46. The van der Waals surface area contributed by atoms with Crippen LogP contribution in [-0.4, -0.2) is 6.04 Å². The second-order valence-electron chi connectivity index (χ2n) is 6.38. The van der Waals surface area contributed by atoms with Gasteiger partial charge in [0.05, 0.1) is 0 Å². The predicted octanol–water partition coefficient (Wildman–Crippen LogP) is 4.45. The quantitative estimate of drug-likeness (QED) is 0.834. The van der Waals surface area contributed by atoms with Gasteiger partial charge < -0.3 is 5.32 Å². The number of nitrogens with one attached hydrogen (secondary N) is 1. The van der Waals surface area contributed by atoms with E-state index in [1.54, 1.807) is 12.1 Å². The summed E-state index contributed by atoms with van der Waals surface area (Å²) in [6.07, 6.45) is 5.01. The van der Waals surface area contributed by atoms with Crippen molar-refractivity contribution in [2.75, 3.05) is 0 Å². The van der Waals surface area contributed by atoms with Gasteiger partial charge in [0, 0.05) is 12.1 Å². The Morgan fingerprint density at radius 1 is 1.28 bits per heavy atom. The number of hydrogen-bond donors (Lipinski definition) is 1. The molecule has 1 aliphatic rings. The summed E-state index contributed by atoms with van der Waals surface area (Å²) in [7, 11) is 0. The van der Waals surface area contributed by atoms with Gasteiger partial charge in [0.2, 0.25) is 0 Å². The molecule has 1 atom stereocenters. The summed E-state index contributed by atoms with van der Waals surface area (Å²) in [4.78, 5) is 0. The molecule has 0 spiro atoms. The van der Waals surface area contributed by atoms with Crippen molar-refractivity contribution in [3.63, 3.8) is 0 Å². The highest BCUT2D eigenvalue weighted by Crippen LogP contribution is 2.35. The zero-order chi connectivity index (χ0) is 13.2. The standard InChI is InChI=1S/C16H24FN/c1-12(13-5-4-6-14(17)11-13)18-15-7-9-16(2,3)10-8-15/h4-6,11-12,15,18H,7-10H2,1-3H3.